The van der Waals surface area contributed by atoms with Crippen molar-refractivity contribution in [3.8, 4) is 0 Å². The summed E-state index contributed by atoms with van der Waals surface area (Å²) >= 11 is 0. The van der Waals surface area contributed by atoms with Crippen LogP contribution in [0.5, 0.6) is 0 Å². The molecule has 4 rings (SSSR count). The van der Waals surface area contributed by atoms with Crippen molar-refractivity contribution in [1.82, 2.24) is 15.1 Å². The van der Waals surface area contributed by atoms with Crippen molar-refractivity contribution in [3.63, 3.8) is 0 Å². The number of carbonyl (C=O) groups is 3. The fraction of sp³-hybridized carbons (Fsp3) is 0.850. The van der Waals surface area contributed by atoms with E-state index in [2.05, 4.69) is 5.32 Å². The van der Waals surface area contributed by atoms with E-state index in [1.807, 2.05) is 11.8 Å². The lowest BCUT2D eigenvalue weighted by molar-refractivity contribution is -0.142. The summed E-state index contributed by atoms with van der Waals surface area (Å²) in [5.74, 6) is 1.24. The van der Waals surface area contributed by atoms with E-state index in [4.69, 9.17) is 0 Å². The Balaban J connectivity index is 1.41. The number of nitrogens with zero attached hydrogens (tertiary/aromatic N) is 2. The van der Waals surface area contributed by atoms with E-state index in [9.17, 15) is 14.4 Å². The van der Waals surface area contributed by atoms with Gasteiger partial charge in [0.2, 0.25) is 5.91 Å². The number of piperidine rings is 1. The van der Waals surface area contributed by atoms with Crippen LogP contribution in [-0.2, 0) is 9.59 Å². The molecule has 1 spiro atoms. The Hall–Kier alpha value is -1.59. The Kier molecular flexibility index (Phi) is 4.70. The molecule has 4 aliphatic rings. The van der Waals surface area contributed by atoms with E-state index in [0.29, 0.717) is 12.3 Å². The lowest BCUT2D eigenvalue weighted by Gasteiger charge is -2.41. The first-order chi connectivity index (χ1) is 12.5. The van der Waals surface area contributed by atoms with Crippen LogP contribution in [0.1, 0.15) is 64.7 Å². The second-order valence-corrected chi connectivity index (χ2v) is 8.87. The standard InChI is InChI=1S/C20H31N3O3/c1-14-6-4-5-10-20(14)18(25)23(19(26)21-20)13-17(24)22-11-9-15-7-2-3-8-16(15)12-22/h14-16H,2-13H2,1H3,(H,21,26)/t14-,15-,16-,20+/m1/s1. The zero-order valence-electron chi connectivity index (χ0n) is 15.8. The molecule has 2 aliphatic carbocycles. The molecule has 2 saturated carbocycles. The highest BCUT2D eigenvalue weighted by Crippen LogP contribution is 2.39. The van der Waals surface area contributed by atoms with Crippen molar-refractivity contribution in [2.45, 2.75) is 70.3 Å². The highest BCUT2D eigenvalue weighted by atomic mass is 16.2. The van der Waals surface area contributed by atoms with Gasteiger partial charge in [0.25, 0.3) is 5.91 Å². The highest BCUT2D eigenvalue weighted by molar-refractivity contribution is 6.09. The van der Waals surface area contributed by atoms with E-state index in [0.717, 1.165) is 44.7 Å². The number of rotatable bonds is 2. The van der Waals surface area contributed by atoms with Crippen molar-refractivity contribution in [1.29, 1.82) is 0 Å². The Morgan fingerprint density at radius 1 is 1.08 bits per heavy atom. The van der Waals surface area contributed by atoms with Crippen molar-refractivity contribution in [3.05, 3.63) is 0 Å². The lowest BCUT2D eigenvalue weighted by Crippen LogP contribution is -2.54. The molecule has 2 heterocycles. The second-order valence-electron chi connectivity index (χ2n) is 8.87. The van der Waals surface area contributed by atoms with Crippen LogP contribution in [0.25, 0.3) is 0 Å². The number of carbonyl (C=O) groups excluding carboxylic acids is 3. The second kappa shape index (κ2) is 6.86. The van der Waals surface area contributed by atoms with Crippen LogP contribution in [0.4, 0.5) is 4.79 Å². The van der Waals surface area contributed by atoms with E-state index in [1.165, 1.54) is 30.6 Å². The summed E-state index contributed by atoms with van der Waals surface area (Å²) in [6.07, 6.45) is 9.83. The van der Waals surface area contributed by atoms with E-state index < -0.39 is 5.54 Å². The maximum absolute atomic E-state index is 13.0. The average Bonchev–Trinajstić information content (AvgIpc) is 2.89. The number of hydrogen-bond donors (Lipinski definition) is 1. The minimum Gasteiger partial charge on any atom is -0.341 e. The SMILES string of the molecule is C[C@@H]1CCCC[C@]12NC(=O)N(CC(=O)N1CC[C@H]3CCCC[C@@H]3C1)C2=O. The quantitative estimate of drug-likeness (QED) is 0.769. The van der Waals surface area contributed by atoms with E-state index >= 15 is 0 Å². The van der Waals surface area contributed by atoms with Gasteiger partial charge in [0, 0.05) is 13.1 Å². The third-order valence-electron chi connectivity index (χ3n) is 7.44. The number of hydrogen-bond acceptors (Lipinski definition) is 3. The summed E-state index contributed by atoms with van der Waals surface area (Å²) in [4.78, 5) is 41.4. The zero-order chi connectivity index (χ0) is 18.3. The summed E-state index contributed by atoms with van der Waals surface area (Å²) in [6, 6.07) is -0.385. The largest absolute Gasteiger partial charge is 0.341 e. The molecule has 0 aromatic rings. The first kappa shape index (κ1) is 17.8. The third-order valence-corrected chi connectivity index (χ3v) is 7.44. The molecule has 4 atom stereocenters. The smallest absolute Gasteiger partial charge is 0.325 e. The number of urea groups is 1. The molecule has 6 nitrogen and oxygen atoms in total. The van der Waals surface area contributed by atoms with Gasteiger partial charge in [-0.2, -0.15) is 0 Å². The molecule has 26 heavy (non-hydrogen) atoms. The minimum absolute atomic E-state index is 0.0713. The van der Waals surface area contributed by atoms with Gasteiger partial charge in [-0.3, -0.25) is 14.5 Å². The molecule has 0 unspecified atom stereocenters. The molecule has 1 N–H and O–H groups in total. The molecule has 2 saturated heterocycles. The van der Waals surface area contributed by atoms with Gasteiger partial charge in [0.05, 0.1) is 0 Å². The molecule has 6 heteroatoms. The Morgan fingerprint density at radius 2 is 1.81 bits per heavy atom. The normalized spacial score (nSPS) is 37.7. The molecule has 0 aromatic carbocycles. The predicted octanol–water partition coefficient (Wildman–Crippen LogP) is 2.53. The fourth-order valence-corrected chi connectivity index (χ4v) is 5.70. The van der Waals surface area contributed by atoms with Crippen LogP contribution in [0.3, 0.4) is 0 Å². The van der Waals surface area contributed by atoms with Crippen molar-refractivity contribution in [2.24, 2.45) is 17.8 Å². The van der Waals surface area contributed by atoms with Crippen LogP contribution in [0.15, 0.2) is 0 Å². The lowest BCUT2D eigenvalue weighted by atomic mass is 9.73. The van der Waals surface area contributed by atoms with E-state index in [1.54, 1.807) is 0 Å². The fourth-order valence-electron chi connectivity index (χ4n) is 5.70. The van der Waals surface area contributed by atoms with Gasteiger partial charge in [0.15, 0.2) is 0 Å². The summed E-state index contributed by atoms with van der Waals surface area (Å²) in [6.45, 7) is 3.51. The average molecular weight is 361 g/mol. The molecule has 4 fully saturated rings. The third kappa shape index (κ3) is 2.91. The van der Waals surface area contributed by atoms with Crippen LogP contribution >= 0.6 is 0 Å². The minimum atomic E-state index is -0.772. The summed E-state index contributed by atoms with van der Waals surface area (Å²) in [7, 11) is 0. The van der Waals surface area contributed by atoms with Gasteiger partial charge in [-0.25, -0.2) is 4.79 Å². The first-order valence-electron chi connectivity index (χ1n) is 10.4. The maximum atomic E-state index is 13.0. The number of likely N-dealkylation sites (tertiary alicyclic amines) is 1. The molecule has 0 bridgehead atoms. The molecule has 0 radical (unpaired) electrons. The summed E-state index contributed by atoms with van der Waals surface area (Å²) in [5, 5.41) is 2.94. The molecule has 2 aliphatic heterocycles. The van der Waals surface area contributed by atoms with Gasteiger partial charge >= 0.3 is 6.03 Å². The van der Waals surface area contributed by atoms with Crippen molar-refractivity contribution >= 4 is 17.8 Å². The molecular weight excluding hydrogens is 330 g/mol. The Morgan fingerprint density at radius 3 is 2.58 bits per heavy atom. The molecule has 144 valence electrons. The van der Waals surface area contributed by atoms with Gasteiger partial charge in [0.1, 0.15) is 12.1 Å². The molecular formula is C20H31N3O3. The van der Waals surface area contributed by atoms with E-state index in [-0.39, 0.29) is 30.3 Å². The highest BCUT2D eigenvalue weighted by Gasteiger charge is 2.55. The van der Waals surface area contributed by atoms with Crippen molar-refractivity contribution < 1.29 is 14.4 Å². The maximum Gasteiger partial charge on any atom is 0.325 e. The first-order valence-corrected chi connectivity index (χ1v) is 10.4. The summed E-state index contributed by atoms with van der Waals surface area (Å²) in [5.41, 5.74) is -0.772. The monoisotopic (exact) mass is 361 g/mol. The number of amides is 4. The zero-order valence-corrected chi connectivity index (χ0v) is 15.8. The molecule has 0 aromatic heterocycles. The number of nitrogens with one attached hydrogen (secondary N) is 1. The van der Waals surface area contributed by atoms with Gasteiger partial charge < -0.3 is 10.2 Å². The Labute approximate surface area is 155 Å². The van der Waals surface area contributed by atoms with Crippen molar-refractivity contribution in [2.75, 3.05) is 19.6 Å². The Bertz CT molecular complexity index is 607. The van der Waals surface area contributed by atoms with Gasteiger partial charge in [-0.1, -0.05) is 39.0 Å². The number of fused-ring (bicyclic) bond motifs is 1. The van der Waals surface area contributed by atoms with Crippen LogP contribution in [0.2, 0.25) is 0 Å². The van der Waals surface area contributed by atoms with Crippen LogP contribution < -0.4 is 5.32 Å². The van der Waals surface area contributed by atoms with Gasteiger partial charge in [-0.05, 0) is 43.4 Å². The number of imide groups is 1. The van der Waals surface area contributed by atoms with Crippen LogP contribution in [0, 0.1) is 17.8 Å². The topological polar surface area (TPSA) is 69.7 Å². The summed E-state index contributed by atoms with van der Waals surface area (Å²) < 4.78 is 0. The predicted molar refractivity (Wildman–Crippen MR) is 97.3 cm³/mol. The van der Waals surface area contributed by atoms with Crippen LogP contribution in [-0.4, -0.2) is 52.8 Å². The molecule has 4 amide bonds. The van der Waals surface area contributed by atoms with Gasteiger partial charge in [-0.15, -0.1) is 0 Å².